The zero-order chi connectivity index (χ0) is 20.0. The second-order valence-corrected chi connectivity index (χ2v) is 5.96. The topological polar surface area (TPSA) is 98.7 Å². The number of carbonyl (C=O) groups excluding carboxylic acids is 2. The molecule has 0 fully saturated rings. The van der Waals surface area contributed by atoms with Gasteiger partial charge in [0, 0.05) is 16.7 Å². The van der Waals surface area contributed by atoms with Crippen LogP contribution in [0.25, 0.3) is 0 Å². The van der Waals surface area contributed by atoms with Gasteiger partial charge in [-0.25, -0.2) is 9.87 Å². The third-order valence-electron chi connectivity index (χ3n) is 3.83. The second-order valence-electron chi connectivity index (χ2n) is 5.96. The van der Waals surface area contributed by atoms with Crippen LogP contribution in [0.15, 0.2) is 42.5 Å². The van der Waals surface area contributed by atoms with Gasteiger partial charge in [-0.15, -0.1) is 0 Å². The monoisotopic (exact) mass is 370 g/mol. The first kappa shape index (κ1) is 20.1. The molecule has 27 heavy (non-hydrogen) atoms. The molecule has 0 saturated carbocycles. The lowest BCUT2D eigenvalue weighted by molar-refractivity contribution is -0.133. The summed E-state index contributed by atoms with van der Waals surface area (Å²) in [6, 6.07) is 9.65. The maximum Gasteiger partial charge on any atom is 0.268 e. The van der Waals surface area contributed by atoms with Crippen LogP contribution in [0, 0.1) is 24.6 Å². The van der Waals surface area contributed by atoms with Crippen molar-refractivity contribution in [3.8, 4) is 11.8 Å². The summed E-state index contributed by atoms with van der Waals surface area (Å²) in [6.45, 7) is 2.98. The minimum absolute atomic E-state index is 0.248. The number of hydrogen-bond acceptors (Lipinski definition) is 4. The molecular weight excluding hydrogens is 351 g/mol. The second kappa shape index (κ2) is 8.94. The van der Waals surface area contributed by atoms with Crippen LogP contribution < -0.4 is 10.8 Å². The summed E-state index contributed by atoms with van der Waals surface area (Å²) >= 11 is 0. The van der Waals surface area contributed by atoms with E-state index in [0.717, 1.165) is 0 Å². The standard InChI is InChI=1S/C20H19FN2O4/c1-12-3-4-15(11-17(12)21)6-5-14-7-9-16(10-8-14)19(25)22-18(13(2)24)20(26)23-27/h3-4,7-11,13,18,24,27H,1-2H3,(H,22,25)(H,23,26)/t13-,18+/m1/s1. The summed E-state index contributed by atoms with van der Waals surface area (Å²) < 4.78 is 13.5. The quantitative estimate of drug-likeness (QED) is 0.373. The molecule has 7 heteroatoms. The first-order chi connectivity index (χ1) is 12.8. The van der Waals surface area contributed by atoms with E-state index in [1.165, 1.54) is 30.6 Å². The van der Waals surface area contributed by atoms with Crippen LogP contribution in [-0.2, 0) is 4.79 Å². The summed E-state index contributed by atoms with van der Waals surface area (Å²) in [7, 11) is 0. The summed E-state index contributed by atoms with van der Waals surface area (Å²) in [6.07, 6.45) is -1.19. The van der Waals surface area contributed by atoms with Gasteiger partial charge in [-0.05, 0) is 55.8 Å². The number of aliphatic hydroxyl groups excluding tert-OH is 1. The Kier molecular flexibility index (Phi) is 6.66. The predicted octanol–water partition coefficient (Wildman–Crippen LogP) is 1.52. The Balaban J connectivity index is 2.10. The van der Waals surface area contributed by atoms with Crippen LogP contribution in [-0.4, -0.2) is 34.3 Å². The van der Waals surface area contributed by atoms with Crippen molar-refractivity contribution in [3.63, 3.8) is 0 Å². The molecule has 0 aliphatic heterocycles. The molecular formula is C20H19FN2O4. The predicted molar refractivity (Wildman–Crippen MR) is 96.4 cm³/mol. The van der Waals surface area contributed by atoms with Gasteiger partial charge in [0.25, 0.3) is 11.8 Å². The SMILES string of the molecule is Cc1ccc(C#Cc2ccc(C(=O)N[C@H](C(=O)NO)[C@@H](C)O)cc2)cc1F. The number of carbonyl (C=O) groups is 2. The van der Waals surface area contributed by atoms with Crippen molar-refractivity contribution >= 4 is 11.8 Å². The summed E-state index contributed by atoms with van der Waals surface area (Å²) in [5, 5.41) is 20.5. The molecule has 2 rings (SSSR count). The number of amides is 2. The molecule has 0 aromatic heterocycles. The van der Waals surface area contributed by atoms with Gasteiger partial charge < -0.3 is 10.4 Å². The van der Waals surface area contributed by atoms with E-state index in [9.17, 15) is 19.1 Å². The van der Waals surface area contributed by atoms with Crippen LogP contribution in [0.2, 0.25) is 0 Å². The first-order valence-corrected chi connectivity index (χ1v) is 8.13. The van der Waals surface area contributed by atoms with Crippen LogP contribution in [0.1, 0.15) is 34.0 Å². The number of halogens is 1. The van der Waals surface area contributed by atoms with Crippen molar-refractivity contribution in [2.45, 2.75) is 26.0 Å². The highest BCUT2D eigenvalue weighted by Gasteiger charge is 2.25. The van der Waals surface area contributed by atoms with E-state index in [0.29, 0.717) is 16.7 Å². The largest absolute Gasteiger partial charge is 0.391 e. The maximum absolute atomic E-state index is 13.5. The zero-order valence-corrected chi connectivity index (χ0v) is 14.8. The van der Waals surface area contributed by atoms with Gasteiger partial charge in [0.2, 0.25) is 0 Å². The molecule has 0 aliphatic rings. The van der Waals surface area contributed by atoms with Gasteiger partial charge in [-0.3, -0.25) is 14.8 Å². The van der Waals surface area contributed by atoms with Crippen LogP contribution in [0.3, 0.4) is 0 Å². The lowest BCUT2D eigenvalue weighted by Crippen LogP contribution is -2.51. The number of aryl methyl sites for hydroxylation is 1. The Morgan fingerprint density at radius 1 is 1.07 bits per heavy atom. The van der Waals surface area contributed by atoms with Gasteiger partial charge in [0.1, 0.15) is 11.9 Å². The summed E-state index contributed by atoms with van der Waals surface area (Å²) in [5.41, 5.74) is 3.34. The van der Waals surface area contributed by atoms with Gasteiger partial charge in [0.15, 0.2) is 0 Å². The number of benzene rings is 2. The summed E-state index contributed by atoms with van der Waals surface area (Å²) in [4.78, 5) is 23.6. The Labute approximate surface area is 156 Å². The van der Waals surface area contributed by atoms with Crippen LogP contribution in [0.4, 0.5) is 4.39 Å². The van der Waals surface area contributed by atoms with Gasteiger partial charge in [0.05, 0.1) is 6.10 Å². The average molecular weight is 370 g/mol. The van der Waals surface area contributed by atoms with Crippen molar-refractivity contribution in [1.82, 2.24) is 10.8 Å². The number of nitrogens with one attached hydrogen (secondary N) is 2. The molecule has 140 valence electrons. The van der Waals surface area contributed by atoms with Crippen molar-refractivity contribution in [2.24, 2.45) is 0 Å². The van der Waals surface area contributed by atoms with E-state index in [4.69, 9.17) is 5.21 Å². The van der Waals surface area contributed by atoms with Crippen molar-refractivity contribution in [1.29, 1.82) is 0 Å². The molecule has 2 atom stereocenters. The van der Waals surface area contributed by atoms with Crippen molar-refractivity contribution in [2.75, 3.05) is 0 Å². The fourth-order valence-electron chi connectivity index (χ4n) is 2.22. The highest BCUT2D eigenvalue weighted by molar-refractivity contribution is 5.97. The first-order valence-electron chi connectivity index (χ1n) is 8.13. The number of hydroxylamine groups is 1. The highest BCUT2D eigenvalue weighted by Crippen LogP contribution is 2.09. The third-order valence-corrected chi connectivity index (χ3v) is 3.83. The smallest absolute Gasteiger partial charge is 0.268 e. The number of aliphatic hydroxyl groups is 1. The zero-order valence-electron chi connectivity index (χ0n) is 14.8. The molecule has 0 spiro atoms. The normalized spacial score (nSPS) is 12.3. The number of rotatable bonds is 4. The van der Waals surface area contributed by atoms with Crippen LogP contribution in [0.5, 0.6) is 0 Å². The molecule has 0 unspecified atom stereocenters. The van der Waals surface area contributed by atoms with Gasteiger partial charge in [-0.2, -0.15) is 0 Å². The van der Waals surface area contributed by atoms with E-state index in [1.807, 2.05) is 0 Å². The third kappa shape index (κ3) is 5.38. The van der Waals surface area contributed by atoms with Crippen molar-refractivity contribution < 1.29 is 24.3 Å². The van der Waals surface area contributed by atoms with E-state index in [1.54, 1.807) is 31.2 Å². The van der Waals surface area contributed by atoms with E-state index in [-0.39, 0.29) is 11.4 Å². The average Bonchev–Trinajstić information content (AvgIpc) is 2.66. The van der Waals surface area contributed by atoms with Gasteiger partial charge in [-0.1, -0.05) is 17.9 Å². The molecule has 4 N–H and O–H groups in total. The van der Waals surface area contributed by atoms with E-state index in [2.05, 4.69) is 17.2 Å². The van der Waals surface area contributed by atoms with E-state index < -0.39 is 24.0 Å². The molecule has 0 aliphatic carbocycles. The summed E-state index contributed by atoms with van der Waals surface area (Å²) in [5.74, 6) is 3.87. The molecule has 6 nitrogen and oxygen atoms in total. The highest BCUT2D eigenvalue weighted by atomic mass is 19.1. The molecule has 2 aromatic rings. The van der Waals surface area contributed by atoms with Gasteiger partial charge >= 0.3 is 0 Å². The fourth-order valence-corrected chi connectivity index (χ4v) is 2.22. The Hall–Kier alpha value is -3.21. The van der Waals surface area contributed by atoms with Crippen LogP contribution >= 0.6 is 0 Å². The molecule has 0 radical (unpaired) electrons. The Morgan fingerprint density at radius 3 is 2.22 bits per heavy atom. The fraction of sp³-hybridized carbons (Fsp3) is 0.200. The molecule has 0 bridgehead atoms. The Bertz CT molecular complexity index is 898. The molecule has 0 heterocycles. The lowest BCUT2D eigenvalue weighted by Gasteiger charge is -2.19. The van der Waals surface area contributed by atoms with E-state index >= 15 is 0 Å². The number of hydrogen-bond donors (Lipinski definition) is 4. The lowest BCUT2D eigenvalue weighted by atomic mass is 10.1. The molecule has 0 saturated heterocycles. The Morgan fingerprint density at radius 2 is 1.67 bits per heavy atom. The molecule has 2 aromatic carbocycles. The maximum atomic E-state index is 13.5. The minimum atomic E-state index is -1.29. The molecule has 2 amide bonds. The minimum Gasteiger partial charge on any atom is -0.391 e. The van der Waals surface area contributed by atoms with Crippen molar-refractivity contribution in [3.05, 3.63) is 70.5 Å².